The first kappa shape index (κ1) is 24.4. The number of hydrogen-bond donors (Lipinski definition) is 1. The van der Waals surface area contributed by atoms with Gasteiger partial charge in [0, 0.05) is 24.5 Å². The number of hydrogen-bond acceptors (Lipinski definition) is 3. The highest BCUT2D eigenvalue weighted by Gasteiger charge is 2.05. The van der Waals surface area contributed by atoms with Gasteiger partial charge in [0.15, 0.2) is 0 Å². The van der Waals surface area contributed by atoms with E-state index in [9.17, 15) is 4.79 Å². The summed E-state index contributed by atoms with van der Waals surface area (Å²) in [7, 11) is 1.67. The minimum Gasteiger partial charge on any atom is -0.497 e. The summed E-state index contributed by atoms with van der Waals surface area (Å²) in [6.45, 7) is 4.26. The normalized spacial score (nSPS) is 12.7. The van der Waals surface area contributed by atoms with E-state index < -0.39 is 0 Å². The van der Waals surface area contributed by atoms with Crippen LogP contribution in [0.4, 0.5) is 0 Å². The first-order chi connectivity index (χ1) is 15.1. The number of pyridine rings is 1. The monoisotopic (exact) mass is 420 g/mol. The number of methoxy groups -OCH3 is 1. The minimum absolute atomic E-state index is 0.0484. The van der Waals surface area contributed by atoms with E-state index >= 15 is 0 Å². The van der Waals surface area contributed by atoms with Crippen molar-refractivity contribution >= 4 is 11.5 Å². The summed E-state index contributed by atoms with van der Waals surface area (Å²) in [6.07, 6.45) is 16.7. The number of aromatic nitrogens is 1. The van der Waals surface area contributed by atoms with Crippen molar-refractivity contribution < 1.29 is 9.53 Å². The van der Waals surface area contributed by atoms with Crippen molar-refractivity contribution in [3.63, 3.8) is 0 Å². The number of carbonyl (C=O) groups is 1. The molecule has 0 fully saturated rings. The number of nitrogens with zero attached hydrogens (tertiary/aromatic N) is 1. The van der Waals surface area contributed by atoms with Gasteiger partial charge in [-0.05, 0) is 73.9 Å². The molecular formula is C27H36N2O2. The Balaban J connectivity index is 1.86. The average Bonchev–Trinajstić information content (AvgIpc) is 2.79. The molecule has 1 aromatic heterocycles. The Morgan fingerprint density at radius 2 is 1.97 bits per heavy atom. The summed E-state index contributed by atoms with van der Waals surface area (Å²) >= 11 is 0. The van der Waals surface area contributed by atoms with E-state index in [2.05, 4.69) is 48.4 Å². The van der Waals surface area contributed by atoms with E-state index in [0.29, 0.717) is 0 Å². The number of carbonyl (C=O) groups excluding carboxylic acids is 1. The highest BCUT2D eigenvalue weighted by Crippen LogP contribution is 2.23. The molecule has 166 valence electrons. The molecule has 4 heteroatoms. The summed E-state index contributed by atoms with van der Waals surface area (Å²) in [6, 6.07) is 12.3. The molecule has 1 unspecified atom stereocenters. The van der Waals surface area contributed by atoms with Crippen LogP contribution in [0.15, 0.2) is 67.0 Å². The van der Waals surface area contributed by atoms with Gasteiger partial charge in [-0.1, -0.05) is 50.1 Å². The molecule has 0 aliphatic heterocycles. The number of rotatable bonds is 13. The number of unbranched alkanes of at least 4 members (excludes halogenated alkanes) is 2. The number of benzene rings is 1. The van der Waals surface area contributed by atoms with E-state index in [0.717, 1.165) is 37.9 Å². The Labute approximate surface area is 187 Å². The Morgan fingerprint density at radius 1 is 1.16 bits per heavy atom. The maximum atomic E-state index is 12.3. The molecule has 4 nitrogen and oxygen atoms in total. The molecule has 31 heavy (non-hydrogen) atoms. The molecule has 0 bridgehead atoms. The molecule has 1 N–H and O–H groups in total. The number of nitrogens with one attached hydrogen (secondary N) is 1. The molecular weight excluding hydrogens is 384 g/mol. The summed E-state index contributed by atoms with van der Waals surface area (Å²) < 4.78 is 5.26. The SMILES string of the molecule is CCCCC/C(=C/C=C/C(=O)NC(C)CCCc1cccnc1)c1ccc(OC)cc1. The van der Waals surface area contributed by atoms with Crippen LogP contribution in [-0.4, -0.2) is 24.0 Å². The molecule has 1 atom stereocenters. The van der Waals surface area contributed by atoms with Crippen molar-refractivity contribution in [1.82, 2.24) is 10.3 Å². The van der Waals surface area contributed by atoms with Crippen LogP contribution in [0.25, 0.3) is 5.57 Å². The highest BCUT2D eigenvalue weighted by atomic mass is 16.5. The van der Waals surface area contributed by atoms with Crippen molar-refractivity contribution in [2.45, 2.75) is 64.8 Å². The molecule has 0 aliphatic carbocycles. The number of amides is 1. The standard InChI is InChI=1S/C27H36N2O2/c1-4-5-6-13-24(25-16-18-26(31-3)19-17-25)14-8-15-27(30)29-22(2)10-7-11-23-12-9-20-28-21-23/h8-9,12,14-22H,4-7,10-11,13H2,1-3H3,(H,29,30)/b15-8+,24-14-. The zero-order valence-corrected chi connectivity index (χ0v) is 19.1. The van der Waals surface area contributed by atoms with Crippen LogP contribution in [0.2, 0.25) is 0 Å². The van der Waals surface area contributed by atoms with E-state index in [1.807, 2.05) is 30.5 Å². The van der Waals surface area contributed by atoms with Gasteiger partial charge in [0.25, 0.3) is 0 Å². The largest absolute Gasteiger partial charge is 0.497 e. The molecule has 1 heterocycles. The molecule has 0 saturated carbocycles. The van der Waals surface area contributed by atoms with Gasteiger partial charge in [0.05, 0.1) is 7.11 Å². The predicted molar refractivity (Wildman–Crippen MR) is 129 cm³/mol. The van der Waals surface area contributed by atoms with Gasteiger partial charge in [0.1, 0.15) is 5.75 Å². The fourth-order valence-electron chi connectivity index (χ4n) is 3.47. The lowest BCUT2D eigenvalue weighted by Gasteiger charge is -2.12. The topological polar surface area (TPSA) is 51.2 Å². The molecule has 2 rings (SSSR count). The lowest BCUT2D eigenvalue weighted by atomic mass is 9.99. The van der Waals surface area contributed by atoms with Crippen LogP contribution >= 0.6 is 0 Å². The van der Waals surface area contributed by atoms with E-state index in [-0.39, 0.29) is 11.9 Å². The van der Waals surface area contributed by atoms with Crippen LogP contribution in [0.1, 0.15) is 63.5 Å². The average molecular weight is 421 g/mol. The van der Waals surface area contributed by atoms with E-state index in [1.54, 1.807) is 19.4 Å². The molecule has 0 aliphatic rings. The summed E-state index contributed by atoms with van der Waals surface area (Å²) in [5.41, 5.74) is 3.65. The van der Waals surface area contributed by atoms with Gasteiger partial charge < -0.3 is 10.1 Å². The zero-order chi connectivity index (χ0) is 22.3. The third-order valence-electron chi connectivity index (χ3n) is 5.27. The van der Waals surface area contributed by atoms with Gasteiger partial charge in [-0.3, -0.25) is 9.78 Å². The Morgan fingerprint density at radius 3 is 2.65 bits per heavy atom. The van der Waals surface area contributed by atoms with Crippen molar-refractivity contribution in [3.8, 4) is 5.75 Å². The second-order valence-electron chi connectivity index (χ2n) is 7.90. The maximum absolute atomic E-state index is 12.3. The van der Waals surface area contributed by atoms with E-state index in [4.69, 9.17) is 4.74 Å². The van der Waals surface area contributed by atoms with Gasteiger partial charge in [-0.15, -0.1) is 0 Å². The second-order valence-corrected chi connectivity index (χ2v) is 7.90. The van der Waals surface area contributed by atoms with Crippen LogP contribution in [-0.2, 0) is 11.2 Å². The minimum atomic E-state index is -0.0484. The fourth-order valence-corrected chi connectivity index (χ4v) is 3.47. The highest BCUT2D eigenvalue weighted by molar-refractivity contribution is 5.88. The number of aryl methyl sites for hydroxylation is 1. The molecule has 1 amide bonds. The van der Waals surface area contributed by atoms with Gasteiger partial charge in [0.2, 0.25) is 5.91 Å². The fraction of sp³-hybridized carbons (Fsp3) is 0.407. The lowest BCUT2D eigenvalue weighted by molar-refractivity contribution is -0.117. The van der Waals surface area contributed by atoms with Crippen molar-refractivity contribution in [2.75, 3.05) is 7.11 Å². The molecule has 0 spiro atoms. The van der Waals surface area contributed by atoms with Gasteiger partial charge in [-0.2, -0.15) is 0 Å². The molecule has 2 aromatic rings. The van der Waals surface area contributed by atoms with Crippen LogP contribution in [0.3, 0.4) is 0 Å². The molecule has 0 radical (unpaired) electrons. The van der Waals surface area contributed by atoms with Gasteiger partial charge in [-0.25, -0.2) is 0 Å². The summed E-state index contributed by atoms with van der Waals surface area (Å²) in [5.74, 6) is 0.803. The number of ether oxygens (including phenoxy) is 1. The van der Waals surface area contributed by atoms with Crippen molar-refractivity contribution in [1.29, 1.82) is 0 Å². The Bertz CT molecular complexity index is 826. The Kier molecular flexibility index (Phi) is 11.2. The van der Waals surface area contributed by atoms with Crippen molar-refractivity contribution in [2.24, 2.45) is 0 Å². The predicted octanol–water partition coefficient (Wildman–Crippen LogP) is 6.14. The van der Waals surface area contributed by atoms with Crippen LogP contribution in [0, 0.1) is 0 Å². The second kappa shape index (κ2) is 14.2. The van der Waals surface area contributed by atoms with Crippen LogP contribution < -0.4 is 10.1 Å². The zero-order valence-electron chi connectivity index (χ0n) is 19.1. The first-order valence-electron chi connectivity index (χ1n) is 11.3. The first-order valence-corrected chi connectivity index (χ1v) is 11.3. The Hall–Kier alpha value is -2.88. The summed E-state index contributed by atoms with van der Waals surface area (Å²) in [4.78, 5) is 16.4. The number of allylic oxidation sites excluding steroid dienone is 3. The lowest BCUT2D eigenvalue weighted by Crippen LogP contribution is -2.31. The summed E-state index contributed by atoms with van der Waals surface area (Å²) in [5, 5.41) is 3.06. The quantitative estimate of drug-likeness (QED) is 0.241. The third kappa shape index (κ3) is 9.65. The van der Waals surface area contributed by atoms with E-state index in [1.165, 1.54) is 29.5 Å². The maximum Gasteiger partial charge on any atom is 0.244 e. The third-order valence-corrected chi connectivity index (χ3v) is 5.27. The molecule has 0 saturated heterocycles. The van der Waals surface area contributed by atoms with Gasteiger partial charge >= 0.3 is 0 Å². The van der Waals surface area contributed by atoms with Crippen LogP contribution in [0.5, 0.6) is 5.75 Å². The van der Waals surface area contributed by atoms with Crippen molar-refractivity contribution in [3.05, 3.63) is 78.1 Å². The smallest absolute Gasteiger partial charge is 0.244 e. The molecule has 1 aromatic carbocycles.